The fraction of sp³-hybridized carbons (Fsp3) is 0.364. The second-order valence-corrected chi connectivity index (χ2v) is 11.8. The Morgan fingerprint density at radius 2 is 1.76 bits per heavy atom. The van der Waals surface area contributed by atoms with E-state index < -0.39 is 0 Å². The SMILES string of the molecule is Cc1cccc(C(=O)N(C)C[C@@H](CCN2CCC3(C=Cc4ccccc43)CC2)c2ccc(Cl)c(Cl)c2)c1C. The molecule has 0 saturated carbocycles. The van der Waals surface area contributed by atoms with E-state index >= 15 is 0 Å². The topological polar surface area (TPSA) is 23.6 Å². The van der Waals surface area contributed by atoms with E-state index in [4.69, 9.17) is 23.2 Å². The predicted molar refractivity (Wildman–Crippen MR) is 160 cm³/mol. The van der Waals surface area contributed by atoms with Crippen LogP contribution in [0.25, 0.3) is 6.08 Å². The van der Waals surface area contributed by atoms with Gasteiger partial charge in [0.05, 0.1) is 10.0 Å². The standard InChI is InChI=1S/C33H36Cl2N2O/c1-23-7-6-9-28(24(23)2)32(38)36(3)22-27(26-11-12-30(34)31(35)21-26)14-18-37-19-16-33(17-20-37)15-13-25-8-4-5-10-29(25)33/h4-13,15,21,27H,14,16-20,22H2,1-3H3/t27-/m1/s1. The molecular formula is C33H36Cl2N2O. The van der Waals surface area contributed by atoms with Gasteiger partial charge >= 0.3 is 0 Å². The maximum absolute atomic E-state index is 13.4. The lowest BCUT2D eigenvalue weighted by Gasteiger charge is -2.40. The molecule has 1 amide bonds. The van der Waals surface area contributed by atoms with E-state index in [2.05, 4.69) is 47.4 Å². The maximum Gasteiger partial charge on any atom is 0.253 e. The van der Waals surface area contributed by atoms with E-state index in [-0.39, 0.29) is 17.2 Å². The zero-order valence-electron chi connectivity index (χ0n) is 22.5. The lowest BCUT2D eigenvalue weighted by Crippen LogP contribution is -2.42. The molecule has 0 unspecified atom stereocenters. The van der Waals surface area contributed by atoms with Gasteiger partial charge in [-0.15, -0.1) is 0 Å². The fourth-order valence-electron chi connectivity index (χ4n) is 6.12. The average Bonchev–Trinajstić information content (AvgIpc) is 3.28. The molecule has 1 aliphatic carbocycles. The molecule has 0 bridgehead atoms. The number of piperidine rings is 1. The Morgan fingerprint density at radius 1 is 1.00 bits per heavy atom. The van der Waals surface area contributed by atoms with Gasteiger partial charge in [-0.2, -0.15) is 0 Å². The van der Waals surface area contributed by atoms with Crippen molar-refractivity contribution in [1.82, 2.24) is 9.80 Å². The number of likely N-dealkylation sites (tertiary alicyclic amines) is 1. The van der Waals surface area contributed by atoms with Crippen LogP contribution in [0.4, 0.5) is 0 Å². The Hall–Kier alpha value is -2.59. The normalized spacial score (nSPS) is 17.0. The van der Waals surface area contributed by atoms with Gasteiger partial charge in [0.25, 0.3) is 5.91 Å². The second kappa shape index (κ2) is 11.3. The van der Waals surface area contributed by atoms with E-state index in [0.717, 1.165) is 61.2 Å². The predicted octanol–water partition coefficient (Wildman–Crippen LogP) is 7.92. The van der Waals surface area contributed by atoms with Crippen molar-refractivity contribution in [2.24, 2.45) is 0 Å². The number of carbonyl (C=O) groups excluding carboxylic acids is 1. The molecule has 1 fully saturated rings. The van der Waals surface area contributed by atoms with Crippen molar-refractivity contribution >= 4 is 35.2 Å². The summed E-state index contributed by atoms with van der Waals surface area (Å²) in [5.74, 6) is 0.217. The highest BCUT2D eigenvalue weighted by atomic mass is 35.5. The molecule has 1 spiro atoms. The number of rotatable bonds is 7. The van der Waals surface area contributed by atoms with Crippen LogP contribution in [0.5, 0.6) is 0 Å². The van der Waals surface area contributed by atoms with Crippen molar-refractivity contribution in [2.75, 3.05) is 33.2 Å². The first-order valence-corrected chi connectivity index (χ1v) is 14.3. The molecule has 1 saturated heterocycles. The van der Waals surface area contributed by atoms with Crippen molar-refractivity contribution in [3.8, 4) is 0 Å². The number of carbonyl (C=O) groups is 1. The van der Waals surface area contributed by atoms with Gasteiger partial charge in [-0.1, -0.05) is 77.8 Å². The number of likely N-dealkylation sites (N-methyl/N-ethyl adjacent to an activating group) is 1. The molecule has 3 nitrogen and oxygen atoms in total. The lowest BCUT2D eigenvalue weighted by molar-refractivity contribution is 0.0780. The van der Waals surface area contributed by atoms with Crippen LogP contribution in [0.2, 0.25) is 10.0 Å². The Bertz CT molecular complexity index is 1360. The molecule has 2 aliphatic rings. The zero-order chi connectivity index (χ0) is 26.9. The number of hydrogen-bond donors (Lipinski definition) is 0. The number of hydrogen-bond acceptors (Lipinski definition) is 2. The minimum Gasteiger partial charge on any atom is -0.341 e. The highest BCUT2D eigenvalue weighted by Crippen LogP contribution is 2.43. The monoisotopic (exact) mass is 546 g/mol. The third-order valence-corrected chi connectivity index (χ3v) is 9.45. The smallest absolute Gasteiger partial charge is 0.253 e. The number of halogens is 2. The summed E-state index contributed by atoms with van der Waals surface area (Å²) < 4.78 is 0. The lowest BCUT2D eigenvalue weighted by atomic mass is 9.74. The van der Waals surface area contributed by atoms with Crippen molar-refractivity contribution < 1.29 is 4.79 Å². The minimum absolute atomic E-state index is 0.0582. The van der Waals surface area contributed by atoms with Gasteiger partial charge in [0, 0.05) is 30.5 Å². The summed E-state index contributed by atoms with van der Waals surface area (Å²) in [6.45, 7) is 7.82. The van der Waals surface area contributed by atoms with Gasteiger partial charge in [0.15, 0.2) is 0 Å². The molecule has 1 heterocycles. The summed E-state index contributed by atoms with van der Waals surface area (Å²) in [4.78, 5) is 17.9. The van der Waals surface area contributed by atoms with Crippen LogP contribution in [-0.2, 0) is 5.41 Å². The van der Waals surface area contributed by atoms with Gasteiger partial charge < -0.3 is 9.80 Å². The van der Waals surface area contributed by atoms with E-state index in [0.29, 0.717) is 16.6 Å². The van der Waals surface area contributed by atoms with E-state index in [1.165, 1.54) is 11.1 Å². The van der Waals surface area contributed by atoms with Crippen LogP contribution >= 0.6 is 23.2 Å². The van der Waals surface area contributed by atoms with Crippen LogP contribution < -0.4 is 0 Å². The third kappa shape index (κ3) is 5.43. The highest BCUT2D eigenvalue weighted by molar-refractivity contribution is 6.42. The van der Waals surface area contributed by atoms with Crippen LogP contribution in [0.1, 0.15) is 63.4 Å². The van der Waals surface area contributed by atoms with Crippen molar-refractivity contribution in [1.29, 1.82) is 0 Å². The number of allylic oxidation sites excluding steroid dienone is 1. The molecular weight excluding hydrogens is 511 g/mol. The number of aryl methyl sites for hydroxylation is 1. The van der Waals surface area contributed by atoms with E-state index in [1.807, 2.05) is 56.1 Å². The molecule has 0 radical (unpaired) electrons. The molecule has 1 atom stereocenters. The molecule has 38 heavy (non-hydrogen) atoms. The molecule has 198 valence electrons. The molecule has 5 rings (SSSR count). The molecule has 0 aromatic heterocycles. The zero-order valence-corrected chi connectivity index (χ0v) is 24.0. The van der Waals surface area contributed by atoms with Crippen molar-refractivity contribution in [3.63, 3.8) is 0 Å². The van der Waals surface area contributed by atoms with Crippen LogP contribution in [0, 0.1) is 13.8 Å². The van der Waals surface area contributed by atoms with Crippen LogP contribution in [0.3, 0.4) is 0 Å². The van der Waals surface area contributed by atoms with Crippen molar-refractivity contribution in [2.45, 2.75) is 44.4 Å². The van der Waals surface area contributed by atoms with Gasteiger partial charge in [0.2, 0.25) is 0 Å². The Balaban J connectivity index is 1.28. The first kappa shape index (κ1) is 27.0. The summed E-state index contributed by atoms with van der Waals surface area (Å²) in [5, 5.41) is 1.12. The average molecular weight is 548 g/mol. The summed E-state index contributed by atoms with van der Waals surface area (Å²) in [7, 11) is 1.91. The highest BCUT2D eigenvalue weighted by Gasteiger charge is 2.37. The van der Waals surface area contributed by atoms with Crippen LogP contribution in [-0.4, -0.2) is 48.9 Å². The summed E-state index contributed by atoms with van der Waals surface area (Å²) in [6, 6.07) is 20.6. The minimum atomic E-state index is 0.0582. The van der Waals surface area contributed by atoms with Gasteiger partial charge in [-0.3, -0.25) is 4.79 Å². The third-order valence-electron chi connectivity index (χ3n) is 8.71. The fourth-order valence-corrected chi connectivity index (χ4v) is 6.42. The molecule has 3 aromatic rings. The van der Waals surface area contributed by atoms with Crippen LogP contribution in [0.15, 0.2) is 66.7 Å². The first-order valence-electron chi connectivity index (χ1n) is 13.6. The number of benzene rings is 3. The van der Waals surface area contributed by atoms with Gasteiger partial charge in [0.1, 0.15) is 0 Å². The second-order valence-electron chi connectivity index (χ2n) is 11.0. The van der Waals surface area contributed by atoms with Crippen molar-refractivity contribution in [3.05, 3.63) is 110 Å². The largest absolute Gasteiger partial charge is 0.341 e. The molecule has 1 aliphatic heterocycles. The Kier molecular flexibility index (Phi) is 8.00. The number of nitrogens with zero attached hydrogens (tertiary/aromatic N) is 2. The number of fused-ring (bicyclic) bond motifs is 2. The van der Waals surface area contributed by atoms with E-state index in [1.54, 1.807) is 0 Å². The summed E-state index contributed by atoms with van der Waals surface area (Å²) >= 11 is 12.7. The van der Waals surface area contributed by atoms with Gasteiger partial charge in [-0.05, 0) is 98.8 Å². The first-order chi connectivity index (χ1) is 18.3. The summed E-state index contributed by atoms with van der Waals surface area (Å²) in [5.41, 5.74) is 7.12. The summed E-state index contributed by atoms with van der Waals surface area (Å²) in [6.07, 6.45) is 7.96. The molecule has 0 N–H and O–H groups in total. The maximum atomic E-state index is 13.4. The molecule has 5 heteroatoms. The molecule has 3 aromatic carbocycles. The Labute approximate surface area is 237 Å². The number of amides is 1. The van der Waals surface area contributed by atoms with Gasteiger partial charge in [-0.25, -0.2) is 0 Å². The Morgan fingerprint density at radius 3 is 2.53 bits per heavy atom. The van der Waals surface area contributed by atoms with E-state index in [9.17, 15) is 4.79 Å². The quantitative estimate of drug-likeness (QED) is 0.300.